The van der Waals surface area contributed by atoms with Gasteiger partial charge in [0.2, 0.25) is 0 Å². The molecular formula is C10H22O4. The molecule has 0 unspecified atom stereocenters. The SMILES string of the molecule is CC(C)OCC(CO)(CO)C(C)(C)O. The quantitative estimate of drug-likeness (QED) is 0.579. The molecule has 0 spiro atoms. The van der Waals surface area contributed by atoms with Crippen LogP contribution in [0.25, 0.3) is 0 Å². The normalized spacial score (nSPS) is 13.7. The molecule has 4 nitrogen and oxygen atoms in total. The van der Waals surface area contributed by atoms with Crippen molar-refractivity contribution < 1.29 is 20.1 Å². The largest absolute Gasteiger partial charge is 0.395 e. The fraction of sp³-hybridized carbons (Fsp3) is 1.00. The van der Waals surface area contributed by atoms with E-state index in [4.69, 9.17) is 4.74 Å². The van der Waals surface area contributed by atoms with Crippen LogP contribution < -0.4 is 0 Å². The molecule has 4 heteroatoms. The van der Waals surface area contributed by atoms with Gasteiger partial charge in [-0.25, -0.2) is 0 Å². The predicted molar refractivity (Wildman–Crippen MR) is 54.0 cm³/mol. The van der Waals surface area contributed by atoms with E-state index < -0.39 is 11.0 Å². The summed E-state index contributed by atoms with van der Waals surface area (Å²) < 4.78 is 5.34. The summed E-state index contributed by atoms with van der Waals surface area (Å²) in [6, 6.07) is 0. The van der Waals surface area contributed by atoms with Gasteiger partial charge in [0.05, 0.1) is 36.9 Å². The molecule has 14 heavy (non-hydrogen) atoms. The minimum atomic E-state index is -1.18. The zero-order valence-electron chi connectivity index (χ0n) is 9.45. The molecule has 0 bridgehead atoms. The summed E-state index contributed by atoms with van der Waals surface area (Å²) in [7, 11) is 0. The molecule has 0 aromatic carbocycles. The van der Waals surface area contributed by atoms with Gasteiger partial charge in [0.15, 0.2) is 0 Å². The lowest BCUT2D eigenvalue weighted by Gasteiger charge is -2.40. The van der Waals surface area contributed by atoms with Crippen LogP contribution in [-0.4, -0.2) is 46.8 Å². The fourth-order valence-electron chi connectivity index (χ4n) is 1.03. The molecule has 0 fully saturated rings. The van der Waals surface area contributed by atoms with E-state index in [9.17, 15) is 15.3 Å². The number of hydrogen-bond donors (Lipinski definition) is 3. The smallest absolute Gasteiger partial charge is 0.0714 e. The van der Waals surface area contributed by atoms with Crippen LogP contribution in [0.3, 0.4) is 0 Å². The van der Waals surface area contributed by atoms with Gasteiger partial charge in [-0.2, -0.15) is 0 Å². The maximum atomic E-state index is 9.84. The molecule has 86 valence electrons. The van der Waals surface area contributed by atoms with E-state index in [1.54, 1.807) is 13.8 Å². The highest BCUT2D eigenvalue weighted by Crippen LogP contribution is 2.31. The van der Waals surface area contributed by atoms with Gasteiger partial charge in [0.25, 0.3) is 0 Å². The monoisotopic (exact) mass is 206 g/mol. The van der Waals surface area contributed by atoms with Gasteiger partial charge in [0.1, 0.15) is 0 Å². The van der Waals surface area contributed by atoms with Crippen molar-refractivity contribution in [2.75, 3.05) is 19.8 Å². The van der Waals surface area contributed by atoms with Crippen molar-refractivity contribution in [1.29, 1.82) is 0 Å². The maximum absolute atomic E-state index is 9.84. The Morgan fingerprint density at radius 1 is 1.14 bits per heavy atom. The zero-order valence-corrected chi connectivity index (χ0v) is 9.45. The number of rotatable bonds is 6. The third-order valence-corrected chi connectivity index (χ3v) is 2.60. The number of ether oxygens (including phenoxy) is 1. The number of hydrogen-bond acceptors (Lipinski definition) is 4. The van der Waals surface area contributed by atoms with E-state index in [0.717, 1.165) is 0 Å². The minimum Gasteiger partial charge on any atom is -0.395 e. The molecule has 3 N–H and O–H groups in total. The molecular weight excluding hydrogens is 184 g/mol. The third kappa shape index (κ3) is 3.20. The Bertz CT molecular complexity index is 156. The Hall–Kier alpha value is -0.160. The van der Waals surface area contributed by atoms with Crippen molar-refractivity contribution >= 4 is 0 Å². The fourth-order valence-corrected chi connectivity index (χ4v) is 1.03. The Labute approximate surface area is 85.5 Å². The lowest BCUT2D eigenvalue weighted by molar-refractivity contribution is -0.152. The molecule has 0 atom stereocenters. The highest BCUT2D eigenvalue weighted by atomic mass is 16.5. The molecule has 0 aromatic heterocycles. The Balaban J connectivity index is 4.55. The standard InChI is InChI=1S/C10H22O4/c1-8(2)14-7-10(5-11,6-12)9(3,4)13/h8,11-13H,5-7H2,1-4H3. The van der Waals surface area contributed by atoms with Crippen LogP contribution in [0.4, 0.5) is 0 Å². The Morgan fingerprint density at radius 2 is 1.57 bits per heavy atom. The summed E-state index contributed by atoms with van der Waals surface area (Å²) in [6.45, 7) is 6.38. The molecule has 0 amide bonds. The van der Waals surface area contributed by atoms with Crippen LogP contribution in [0.2, 0.25) is 0 Å². The number of aliphatic hydroxyl groups is 3. The summed E-state index contributed by atoms with van der Waals surface area (Å²) in [5.74, 6) is 0. The van der Waals surface area contributed by atoms with Gasteiger partial charge in [-0.3, -0.25) is 0 Å². The molecule has 0 radical (unpaired) electrons. The van der Waals surface area contributed by atoms with Gasteiger partial charge in [-0.05, 0) is 27.7 Å². The molecule has 0 aromatic rings. The second-order valence-electron chi connectivity index (χ2n) is 4.52. The van der Waals surface area contributed by atoms with Gasteiger partial charge in [-0.1, -0.05) is 0 Å². The van der Waals surface area contributed by atoms with Crippen LogP contribution in [0.1, 0.15) is 27.7 Å². The van der Waals surface area contributed by atoms with E-state index in [1.807, 2.05) is 13.8 Å². The van der Waals surface area contributed by atoms with E-state index in [1.165, 1.54) is 0 Å². The molecule has 0 heterocycles. The van der Waals surface area contributed by atoms with Crippen molar-refractivity contribution in [1.82, 2.24) is 0 Å². The van der Waals surface area contributed by atoms with Crippen molar-refractivity contribution in [3.63, 3.8) is 0 Å². The first kappa shape index (κ1) is 13.8. The molecule has 0 saturated carbocycles. The van der Waals surface area contributed by atoms with Crippen molar-refractivity contribution in [3.05, 3.63) is 0 Å². The molecule has 0 saturated heterocycles. The third-order valence-electron chi connectivity index (χ3n) is 2.60. The Kier molecular flexibility index (Phi) is 5.01. The van der Waals surface area contributed by atoms with Crippen molar-refractivity contribution in [2.24, 2.45) is 5.41 Å². The first-order valence-corrected chi connectivity index (χ1v) is 4.85. The Morgan fingerprint density at radius 3 is 1.79 bits per heavy atom. The van der Waals surface area contributed by atoms with Crippen molar-refractivity contribution in [2.45, 2.75) is 39.4 Å². The summed E-state index contributed by atoms with van der Waals surface area (Å²) in [5.41, 5.74) is -2.18. The summed E-state index contributed by atoms with van der Waals surface area (Å²) >= 11 is 0. The molecule has 0 aliphatic carbocycles. The van der Waals surface area contributed by atoms with Crippen LogP contribution in [0.15, 0.2) is 0 Å². The minimum absolute atomic E-state index is 0.00910. The van der Waals surface area contributed by atoms with Crippen LogP contribution in [-0.2, 0) is 4.74 Å². The molecule has 0 rings (SSSR count). The van der Waals surface area contributed by atoms with E-state index in [2.05, 4.69) is 0 Å². The lowest BCUT2D eigenvalue weighted by atomic mass is 9.75. The first-order valence-electron chi connectivity index (χ1n) is 4.85. The first-order chi connectivity index (χ1) is 6.29. The van der Waals surface area contributed by atoms with Crippen LogP contribution in [0.5, 0.6) is 0 Å². The average Bonchev–Trinajstić information content (AvgIpc) is 2.04. The summed E-state index contributed by atoms with van der Waals surface area (Å²) in [6.07, 6.45) is 0.00910. The highest BCUT2D eigenvalue weighted by molar-refractivity contribution is 4.92. The lowest BCUT2D eigenvalue weighted by Crippen LogP contribution is -2.52. The summed E-state index contributed by atoms with van der Waals surface area (Å²) in [5, 5.41) is 28.3. The van der Waals surface area contributed by atoms with Crippen LogP contribution >= 0.6 is 0 Å². The maximum Gasteiger partial charge on any atom is 0.0714 e. The van der Waals surface area contributed by atoms with E-state index in [-0.39, 0.29) is 25.9 Å². The highest BCUT2D eigenvalue weighted by Gasteiger charge is 2.43. The molecule has 0 aliphatic rings. The van der Waals surface area contributed by atoms with E-state index in [0.29, 0.717) is 0 Å². The molecule has 0 aliphatic heterocycles. The average molecular weight is 206 g/mol. The topological polar surface area (TPSA) is 69.9 Å². The van der Waals surface area contributed by atoms with Crippen LogP contribution in [0, 0.1) is 5.41 Å². The van der Waals surface area contributed by atoms with Gasteiger partial charge >= 0.3 is 0 Å². The zero-order chi connectivity index (χ0) is 11.4. The second kappa shape index (κ2) is 5.07. The van der Waals surface area contributed by atoms with Gasteiger partial charge in [0, 0.05) is 0 Å². The van der Waals surface area contributed by atoms with Crippen molar-refractivity contribution in [3.8, 4) is 0 Å². The summed E-state index contributed by atoms with van der Waals surface area (Å²) in [4.78, 5) is 0. The number of aliphatic hydroxyl groups excluding tert-OH is 2. The van der Waals surface area contributed by atoms with Gasteiger partial charge < -0.3 is 20.1 Å². The van der Waals surface area contributed by atoms with Gasteiger partial charge in [-0.15, -0.1) is 0 Å². The second-order valence-corrected chi connectivity index (χ2v) is 4.52. The predicted octanol–water partition coefficient (Wildman–Crippen LogP) is 0.153. The van der Waals surface area contributed by atoms with E-state index >= 15 is 0 Å².